The predicted octanol–water partition coefficient (Wildman–Crippen LogP) is 4.29. The summed E-state index contributed by atoms with van der Waals surface area (Å²) >= 11 is 5.92. The molecule has 3 rings (SSSR count). The highest BCUT2D eigenvalue weighted by Gasteiger charge is 2.10. The molecule has 5 nitrogen and oxygen atoms in total. The average Bonchev–Trinajstić information content (AvgIpc) is 3.03. The number of benzene rings is 2. The van der Waals surface area contributed by atoms with Gasteiger partial charge in [-0.05, 0) is 55.0 Å². The van der Waals surface area contributed by atoms with Crippen molar-refractivity contribution in [1.29, 1.82) is 0 Å². The molecule has 0 aliphatic heterocycles. The Bertz CT molecular complexity index is 800. The first-order valence-corrected chi connectivity index (χ1v) is 7.39. The lowest BCUT2D eigenvalue weighted by Crippen LogP contribution is -1.97. The maximum atomic E-state index is 5.92. The second-order valence-electron chi connectivity index (χ2n) is 4.93. The lowest BCUT2D eigenvalue weighted by molar-refractivity contribution is 0.263. The van der Waals surface area contributed by atoms with Crippen LogP contribution in [-0.2, 0) is 6.61 Å². The van der Waals surface area contributed by atoms with E-state index >= 15 is 0 Å². The monoisotopic (exact) mass is 330 g/mol. The molecule has 6 heteroatoms. The molecule has 0 N–H and O–H groups in total. The van der Waals surface area contributed by atoms with E-state index in [4.69, 9.17) is 25.5 Å². The maximum absolute atomic E-state index is 5.92. The van der Waals surface area contributed by atoms with Crippen LogP contribution in [0.15, 0.2) is 46.9 Å². The van der Waals surface area contributed by atoms with E-state index in [0.29, 0.717) is 16.8 Å². The van der Waals surface area contributed by atoms with Crippen molar-refractivity contribution in [2.75, 3.05) is 7.11 Å². The molecule has 0 radical (unpaired) electrons. The molecule has 1 heterocycles. The third-order valence-corrected chi connectivity index (χ3v) is 3.53. The highest BCUT2D eigenvalue weighted by molar-refractivity contribution is 6.30. The van der Waals surface area contributed by atoms with Crippen molar-refractivity contribution in [2.45, 2.75) is 13.5 Å². The van der Waals surface area contributed by atoms with Gasteiger partial charge in [-0.15, -0.1) is 10.2 Å². The van der Waals surface area contributed by atoms with Gasteiger partial charge in [-0.25, -0.2) is 0 Å². The average molecular weight is 331 g/mol. The number of hydrogen-bond acceptors (Lipinski definition) is 5. The fourth-order valence-electron chi connectivity index (χ4n) is 2.08. The van der Waals surface area contributed by atoms with Crippen LogP contribution in [0.2, 0.25) is 5.02 Å². The smallest absolute Gasteiger partial charge is 0.254 e. The van der Waals surface area contributed by atoms with Gasteiger partial charge < -0.3 is 13.9 Å². The first-order chi connectivity index (χ1) is 11.2. The van der Waals surface area contributed by atoms with Crippen LogP contribution in [0, 0.1) is 6.92 Å². The third-order valence-electron chi connectivity index (χ3n) is 3.29. The Morgan fingerprint density at radius 3 is 2.57 bits per heavy atom. The largest absolute Gasteiger partial charge is 0.497 e. The van der Waals surface area contributed by atoms with E-state index in [1.807, 2.05) is 43.3 Å². The van der Waals surface area contributed by atoms with Crippen molar-refractivity contribution in [2.24, 2.45) is 0 Å². The van der Waals surface area contributed by atoms with Gasteiger partial charge in [0.1, 0.15) is 11.5 Å². The van der Waals surface area contributed by atoms with E-state index in [9.17, 15) is 0 Å². The Kier molecular flexibility index (Phi) is 4.48. The summed E-state index contributed by atoms with van der Waals surface area (Å²) < 4.78 is 16.4. The van der Waals surface area contributed by atoms with Crippen LogP contribution in [0.1, 0.15) is 11.5 Å². The number of methoxy groups -OCH3 is 1. The van der Waals surface area contributed by atoms with E-state index in [-0.39, 0.29) is 6.61 Å². The zero-order valence-corrected chi connectivity index (χ0v) is 13.5. The number of hydrogen-bond donors (Lipinski definition) is 0. The molecule has 0 amide bonds. The fraction of sp³-hybridized carbons (Fsp3) is 0.176. The maximum Gasteiger partial charge on any atom is 0.254 e. The van der Waals surface area contributed by atoms with Gasteiger partial charge in [0.25, 0.3) is 5.89 Å². The summed E-state index contributed by atoms with van der Waals surface area (Å²) in [7, 11) is 1.62. The first-order valence-electron chi connectivity index (χ1n) is 7.01. The summed E-state index contributed by atoms with van der Waals surface area (Å²) in [6, 6.07) is 12.8. The second kappa shape index (κ2) is 6.71. The summed E-state index contributed by atoms with van der Waals surface area (Å²) in [5.41, 5.74) is 1.78. The van der Waals surface area contributed by atoms with Crippen molar-refractivity contribution >= 4 is 11.6 Å². The van der Waals surface area contributed by atoms with Crippen molar-refractivity contribution in [3.63, 3.8) is 0 Å². The number of halogens is 1. The highest BCUT2D eigenvalue weighted by Crippen LogP contribution is 2.24. The fourth-order valence-corrected chi connectivity index (χ4v) is 2.30. The highest BCUT2D eigenvalue weighted by atomic mass is 35.5. The Morgan fingerprint density at radius 2 is 1.87 bits per heavy atom. The van der Waals surface area contributed by atoms with Gasteiger partial charge in [0.2, 0.25) is 5.89 Å². The molecule has 0 aliphatic rings. The molecule has 0 unspecified atom stereocenters. The Labute approximate surface area is 138 Å². The van der Waals surface area contributed by atoms with E-state index < -0.39 is 0 Å². The molecule has 0 fully saturated rings. The standard InChI is InChI=1S/C17H15ClN2O3/c1-11-9-13(18)5-8-15(11)22-10-16-19-20-17(23-16)12-3-6-14(21-2)7-4-12/h3-9H,10H2,1-2H3. The number of rotatable bonds is 5. The minimum Gasteiger partial charge on any atom is -0.497 e. The summed E-state index contributed by atoms with van der Waals surface area (Å²) in [6.45, 7) is 2.13. The molecule has 23 heavy (non-hydrogen) atoms. The molecular formula is C17H15ClN2O3. The molecule has 0 aliphatic carbocycles. The molecule has 2 aromatic carbocycles. The van der Waals surface area contributed by atoms with Crippen LogP contribution in [0.25, 0.3) is 11.5 Å². The molecule has 0 saturated heterocycles. The van der Waals surface area contributed by atoms with Crippen molar-refractivity contribution in [3.8, 4) is 23.0 Å². The first kappa shape index (κ1) is 15.4. The van der Waals surface area contributed by atoms with E-state index in [1.165, 1.54) is 0 Å². The molecule has 1 aromatic heterocycles. The minimum atomic E-state index is 0.200. The van der Waals surface area contributed by atoms with Crippen LogP contribution >= 0.6 is 11.6 Å². The van der Waals surface area contributed by atoms with Gasteiger partial charge >= 0.3 is 0 Å². The minimum absolute atomic E-state index is 0.200. The van der Waals surface area contributed by atoms with Crippen LogP contribution in [-0.4, -0.2) is 17.3 Å². The zero-order valence-electron chi connectivity index (χ0n) is 12.7. The Morgan fingerprint density at radius 1 is 1.09 bits per heavy atom. The van der Waals surface area contributed by atoms with E-state index in [1.54, 1.807) is 13.2 Å². The summed E-state index contributed by atoms with van der Waals surface area (Å²) in [5.74, 6) is 2.36. The van der Waals surface area contributed by atoms with Gasteiger partial charge in [-0.3, -0.25) is 0 Å². The predicted molar refractivity (Wildman–Crippen MR) is 86.8 cm³/mol. The molecular weight excluding hydrogens is 316 g/mol. The summed E-state index contributed by atoms with van der Waals surface area (Å²) in [6.07, 6.45) is 0. The Hall–Kier alpha value is -2.53. The number of nitrogens with zero attached hydrogens (tertiary/aromatic N) is 2. The SMILES string of the molecule is COc1ccc(-c2nnc(COc3ccc(Cl)cc3C)o2)cc1. The molecule has 0 atom stereocenters. The van der Waals surface area contributed by atoms with Crippen LogP contribution in [0.5, 0.6) is 11.5 Å². The normalized spacial score (nSPS) is 10.6. The topological polar surface area (TPSA) is 57.4 Å². The zero-order chi connectivity index (χ0) is 16.2. The molecule has 0 spiro atoms. The summed E-state index contributed by atoms with van der Waals surface area (Å²) in [5, 5.41) is 8.71. The van der Waals surface area contributed by atoms with Gasteiger partial charge in [0.05, 0.1) is 7.11 Å². The van der Waals surface area contributed by atoms with Gasteiger partial charge in [-0.2, -0.15) is 0 Å². The number of ether oxygens (including phenoxy) is 2. The van der Waals surface area contributed by atoms with Crippen LogP contribution in [0.3, 0.4) is 0 Å². The van der Waals surface area contributed by atoms with Gasteiger partial charge in [0.15, 0.2) is 6.61 Å². The third kappa shape index (κ3) is 3.63. The van der Waals surface area contributed by atoms with Crippen LogP contribution < -0.4 is 9.47 Å². The van der Waals surface area contributed by atoms with Gasteiger partial charge in [-0.1, -0.05) is 11.6 Å². The second-order valence-corrected chi connectivity index (χ2v) is 5.36. The lowest BCUT2D eigenvalue weighted by Gasteiger charge is -2.06. The van der Waals surface area contributed by atoms with Crippen molar-refractivity contribution in [3.05, 3.63) is 58.9 Å². The van der Waals surface area contributed by atoms with E-state index in [0.717, 1.165) is 22.6 Å². The Balaban J connectivity index is 1.69. The molecule has 118 valence electrons. The number of aromatic nitrogens is 2. The lowest BCUT2D eigenvalue weighted by atomic mass is 10.2. The molecule has 0 bridgehead atoms. The summed E-state index contributed by atoms with van der Waals surface area (Å²) in [4.78, 5) is 0. The van der Waals surface area contributed by atoms with E-state index in [2.05, 4.69) is 10.2 Å². The molecule has 0 saturated carbocycles. The van der Waals surface area contributed by atoms with Gasteiger partial charge in [0, 0.05) is 10.6 Å². The van der Waals surface area contributed by atoms with Crippen LogP contribution in [0.4, 0.5) is 0 Å². The van der Waals surface area contributed by atoms with Crippen molar-refractivity contribution < 1.29 is 13.9 Å². The number of aryl methyl sites for hydroxylation is 1. The quantitative estimate of drug-likeness (QED) is 0.698. The molecule has 3 aromatic rings. The van der Waals surface area contributed by atoms with Crippen molar-refractivity contribution in [1.82, 2.24) is 10.2 Å².